The molecule has 110 valence electrons. The number of carbonyl (C=O) groups is 2. The Morgan fingerprint density at radius 3 is 2.10 bits per heavy atom. The third-order valence-electron chi connectivity index (χ3n) is 2.42. The normalized spacial score (nSPS) is 10.8. The number of aromatic nitrogens is 2. The number of sulfone groups is 1. The molecule has 0 atom stereocenters. The van der Waals surface area contributed by atoms with Crippen molar-refractivity contribution in [2.24, 2.45) is 7.05 Å². The van der Waals surface area contributed by atoms with Gasteiger partial charge in [0.05, 0.1) is 26.1 Å². The smallest absolute Gasteiger partial charge is 0.345 e. The van der Waals surface area contributed by atoms with Gasteiger partial charge < -0.3 is 14.0 Å². The number of ether oxygens (including phenoxy) is 2. The van der Waals surface area contributed by atoms with Gasteiger partial charge >= 0.3 is 11.9 Å². The lowest BCUT2D eigenvalue weighted by atomic mass is 10.2. The number of rotatable bonds is 4. The largest absolute Gasteiger partial charge is 0.465 e. The van der Waals surface area contributed by atoms with Gasteiger partial charge in [-0.05, 0) is 6.08 Å². The van der Waals surface area contributed by atoms with Crippen LogP contribution in [0.4, 0.5) is 0 Å². The first-order valence-corrected chi connectivity index (χ1v) is 7.21. The van der Waals surface area contributed by atoms with Crippen molar-refractivity contribution in [1.29, 1.82) is 0 Å². The topological polar surface area (TPSA) is 105 Å². The average molecular weight is 302 g/mol. The van der Waals surface area contributed by atoms with Gasteiger partial charge in [-0.2, -0.15) is 0 Å². The fourth-order valence-electron chi connectivity index (χ4n) is 1.45. The minimum atomic E-state index is -3.51. The molecule has 0 amide bonds. The number of nitrogens with zero attached hydrogens (tertiary/aromatic N) is 2. The first-order chi connectivity index (χ1) is 9.22. The highest BCUT2D eigenvalue weighted by atomic mass is 32.2. The zero-order valence-electron chi connectivity index (χ0n) is 11.4. The molecule has 0 radical (unpaired) electrons. The molecule has 1 rings (SSSR count). The zero-order valence-corrected chi connectivity index (χ0v) is 12.2. The summed E-state index contributed by atoms with van der Waals surface area (Å²) in [6.07, 6.45) is 3.38. The molecular formula is C11H14N2O6S. The summed E-state index contributed by atoms with van der Waals surface area (Å²) in [6.45, 7) is 0. The van der Waals surface area contributed by atoms with E-state index in [9.17, 15) is 18.0 Å². The van der Waals surface area contributed by atoms with Crippen molar-refractivity contribution in [3.05, 3.63) is 17.5 Å². The summed E-state index contributed by atoms with van der Waals surface area (Å²) in [5.74, 6) is -1.78. The van der Waals surface area contributed by atoms with E-state index in [0.29, 0.717) is 0 Å². The molecule has 0 bridgehead atoms. The van der Waals surface area contributed by atoms with Gasteiger partial charge in [-0.15, -0.1) is 0 Å². The number of hydrogen-bond donors (Lipinski definition) is 0. The molecule has 1 heterocycles. The van der Waals surface area contributed by atoms with Gasteiger partial charge in [-0.3, -0.25) is 0 Å². The molecule has 20 heavy (non-hydrogen) atoms. The molecule has 9 heteroatoms. The number of hydrogen-bond acceptors (Lipinski definition) is 7. The molecule has 0 saturated heterocycles. The minimum absolute atomic E-state index is 0.183. The lowest BCUT2D eigenvalue weighted by Gasteiger charge is -2.04. The van der Waals surface area contributed by atoms with Crippen LogP contribution >= 0.6 is 0 Å². The van der Waals surface area contributed by atoms with E-state index >= 15 is 0 Å². The molecule has 1 aromatic rings. The van der Waals surface area contributed by atoms with E-state index in [1.165, 1.54) is 17.8 Å². The van der Waals surface area contributed by atoms with Gasteiger partial charge in [-0.25, -0.2) is 23.0 Å². The van der Waals surface area contributed by atoms with Crippen molar-refractivity contribution in [3.63, 3.8) is 0 Å². The van der Waals surface area contributed by atoms with E-state index in [1.54, 1.807) is 0 Å². The van der Waals surface area contributed by atoms with Crippen molar-refractivity contribution in [1.82, 2.24) is 9.55 Å². The van der Waals surface area contributed by atoms with Crippen LogP contribution < -0.4 is 0 Å². The lowest BCUT2D eigenvalue weighted by Crippen LogP contribution is -2.16. The van der Waals surface area contributed by atoms with Crippen LogP contribution in [0.1, 0.15) is 5.69 Å². The maximum absolute atomic E-state index is 11.5. The highest BCUT2D eigenvalue weighted by molar-refractivity contribution is 7.90. The van der Waals surface area contributed by atoms with Crippen LogP contribution in [0.2, 0.25) is 0 Å². The first kappa shape index (κ1) is 15.9. The Hall–Kier alpha value is -2.16. The standard InChI is InChI=1S/C11H14N2O6S/c1-13-7(6-12-11(13)20(4,16)17)5-8(9(14)18-2)10(15)19-3/h5-6H,1-4H3. The van der Waals surface area contributed by atoms with E-state index < -0.39 is 21.8 Å². The number of imidazole rings is 1. The summed E-state index contributed by atoms with van der Waals surface area (Å²) in [5, 5.41) is -0.183. The molecule has 0 spiro atoms. The second kappa shape index (κ2) is 5.87. The second-order valence-corrected chi connectivity index (χ2v) is 5.75. The van der Waals surface area contributed by atoms with Crippen molar-refractivity contribution >= 4 is 27.9 Å². The van der Waals surface area contributed by atoms with E-state index in [1.807, 2.05) is 0 Å². The number of carbonyl (C=O) groups excluding carboxylic acids is 2. The van der Waals surface area contributed by atoms with Gasteiger partial charge in [0.1, 0.15) is 5.57 Å². The maximum atomic E-state index is 11.5. The average Bonchev–Trinajstić information content (AvgIpc) is 2.75. The van der Waals surface area contributed by atoms with Crippen LogP contribution in [0.25, 0.3) is 6.08 Å². The minimum Gasteiger partial charge on any atom is -0.465 e. The van der Waals surface area contributed by atoms with Crippen molar-refractivity contribution in [2.45, 2.75) is 5.16 Å². The Morgan fingerprint density at radius 2 is 1.75 bits per heavy atom. The summed E-state index contributed by atoms with van der Waals surface area (Å²) in [7, 11) is 0.167. The van der Waals surface area contributed by atoms with Crippen molar-refractivity contribution < 1.29 is 27.5 Å². The van der Waals surface area contributed by atoms with Crippen LogP contribution in [0, 0.1) is 0 Å². The molecule has 0 aliphatic heterocycles. The predicted molar refractivity (Wildman–Crippen MR) is 68.3 cm³/mol. The molecule has 0 saturated carbocycles. The quantitative estimate of drug-likeness (QED) is 0.321. The first-order valence-electron chi connectivity index (χ1n) is 5.32. The van der Waals surface area contributed by atoms with Gasteiger partial charge in [-0.1, -0.05) is 0 Å². The van der Waals surface area contributed by atoms with Crippen molar-refractivity contribution in [3.8, 4) is 0 Å². The lowest BCUT2D eigenvalue weighted by molar-refractivity contribution is -0.143. The molecule has 1 aromatic heterocycles. The Bertz CT molecular complexity index is 653. The molecule has 0 fully saturated rings. The molecule has 8 nitrogen and oxygen atoms in total. The van der Waals surface area contributed by atoms with Crippen LogP contribution in [-0.4, -0.2) is 50.4 Å². The Kier molecular flexibility index (Phi) is 4.66. The predicted octanol–water partition coefficient (Wildman–Crippen LogP) is -0.447. The molecule has 0 N–H and O–H groups in total. The summed E-state index contributed by atoms with van der Waals surface area (Å²) in [6, 6.07) is 0. The van der Waals surface area contributed by atoms with Gasteiger partial charge in [0.15, 0.2) is 0 Å². The summed E-state index contributed by atoms with van der Waals surface area (Å²) >= 11 is 0. The highest BCUT2D eigenvalue weighted by Crippen LogP contribution is 2.14. The van der Waals surface area contributed by atoms with Crippen LogP contribution in [-0.2, 0) is 35.9 Å². The van der Waals surface area contributed by atoms with Gasteiger partial charge in [0, 0.05) is 13.3 Å². The fourth-order valence-corrected chi connectivity index (χ4v) is 2.30. The monoisotopic (exact) mass is 302 g/mol. The Labute approximate surface area is 115 Å². The van der Waals surface area contributed by atoms with Gasteiger partial charge in [0.2, 0.25) is 15.0 Å². The van der Waals surface area contributed by atoms with E-state index in [4.69, 9.17) is 0 Å². The fraction of sp³-hybridized carbons (Fsp3) is 0.364. The second-order valence-electron chi connectivity index (χ2n) is 3.84. The maximum Gasteiger partial charge on any atom is 0.345 e. The zero-order chi connectivity index (χ0) is 15.5. The third-order valence-corrected chi connectivity index (χ3v) is 3.46. The number of esters is 2. The van der Waals surface area contributed by atoms with Crippen LogP contribution in [0.3, 0.4) is 0 Å². The number of methoxy groups -OCH3 is 2. The Morgan fingerprint density at radius 1 is 1.25 bits per heavy atom. The molecule has 0 aromatic carbocycles. The summed E-state index contributed by atoms with van der Waals surface area (Å²) in [4.78, 5) is 26.7. The summed E-state index contributed by atoms with van der Waals surface area (Å²) in [5.41, 5.74) is -0.116. The van der Waals surface area contributed by atoms with Crippen LogP contribution in [0.5, 0.6) is 0 Å². The molecule has 0 unspecified atom stereocenters. The van der Waals surface area contributed by atoms with E-state index in [2.05, 4.69) is 14.5 Å². The third kappa shape index (κ3) is 3.23. The van der Waals surface area contributed by atoms with Crippen molar-refractivity contribution in [2.75, 3.05) is 20.5 Å². The Balaban J connectivity index is 3.36. The molecule has 0 aliphatic rings. The van der Waals surface area contributed by atoms with Gasteiger partial charge in [0.25, 0.3) is 0 Å². The van der Waals surface area contributed by atoms with E-state index in [-0.39, 0.29) is 16.4 Å². The SMILES string of the molecule is COC(=O)C(=Cc1cnc(S(C)(=O)=O)n1C)C(=O)OC. The summed E-state index contributed by atoms with van der Waals surface area (Å²) < 4.78 is 33.1. The molecular weight excluding hydrogens is 288 g/mol. The van der Waals surface area contributed by atoms with E-state index in [0.717, 1.165) is 26.6 Å². The highest BCUT2D eigenvalue weighted by Gasteiger charge is 2.22. The van der Waals surface area contributed by atoms with Crippen LogP contribution in [0.15, 0.2) is 16.9 Å². The molecule has 0 aliphatic carbocycles.